The summed E-state index contributed by atoms with van der Waals surface area (Å²) in [5.74, 6) is 0.00460. The van der Waals surface area contributed by atoms with Gasteiger partial charge in [0.15, 0.2) is 17.2 Å². The normalized spacial score (nSPS) is 11.5. The van der Waals surface area contributed by atoms with Gasteiger partial charge in [-0.1, -0.05) is 0 Å². The summed E-state index contributed by atoms with van der Waals surface area (Å²) in [5.41, 5.74) is 1.41. The molecule has 3 heterocycles. The molecule has 1 aromatic carbocycles. The zero-order chi connectivity index (χ0) is 19.0. The van der Waals surface area contributed by atoms with Crippen LogP contribution in [0.5, 0.6) is 5.75 Å². The van der Waals surface area contributed by atoms with E-state index in [1.165, 1.54) is 29.3 Å². The van der Waals surface area contributed by atoms with Crippen molar-refractivity contribution in [2.24, 2.45) is 0 Å². The quantitative estimate of drug-likeness (QED) is 0.594. The first kappa shape index (κ1) is 16.5. The molecule has 8 nitrogen and oxygen atoms in total. The van der Waals surface area contributed by atoms with Gasteiger partial charge in [-0.3, -0.25) is 5.10 Å². The minimum atomic E-state index is -4.78. The summed E-state index contributed by atoms with van der Waals surface area (Å²) in [4.78, 5) is 8.33. The van der Waals surface area contributed by atoms with Crippen molar-refractivity contribution in [3.8, 4) is 28.9 Å². The Labute approximate surface area is 148 Å². The molecule has 27 heavy (non-hydrogen) atoms. The molecule has 134 valence electrons. The Hall–Kier alpha value is -3.94. The molecule has 0 saturated heterocycles. The molecule has 0 aliphatic heterocycles. The van der Waals surface area contributed by atoms with Gasteiger partial charge in [0.05, 0.1) is 11.1 Å². The standard InChI is InChI=1S/C16H8F3N7O/c17-16(18,19)27-10-3-1-9(2-4-10)26-15-13(12(7-20)25-26)11(5-6-21-15)14-22-8-23-24-14/h1-6,8H,(H,22,23,24). The van der Waals surface area contributed by atoms with Crippen LogP contribution in [0.2, 0.25) is 0 Å². The molecule has 0 amide bonds. The van der Waals surface area contributed by atoms with Crippen LogP contribution in [0.25, 0.3) is 28.1 Å². The zero-order valence-electron chi connectivity index (χ0n) is 13.3. The molecule has 4 rings (SSSR count). The highest BCUT2D eigenvalue weighted by Gasteiger charge is 2.31. The molecule has 11 heteroatoms. The van der Waals surface area contributed by atoms with E-state index in [4.69, 9.17) is 0 Å². The van der Waals surface area contributed by atoms with Crippen molar-refractivity contribution in [2.45, 2.75) is 6.36 Å². The van der Waals surface area contributed by atoms with Gasteiger partial charge in [-0.05, 0) is 30.3 Å². The Balaban J connectivity index is 1.84. The fourth-order valence-electron chi connectivity index (χ4n) is 2.61. The Bertz CT molecular complexity index is 1140. The number of rotatable bonds is 3. The molecule has 0 aliphatic rings. The van der Waals surface area contributed by atoms with E-state index in [2.05, 4.69) is 30.0 Å². The molecule has 0 spiro atoms. The third kappa shape index (κ3) is 3.04. The van der Waals surface area contributed by atoms with Gasteiger partial charge in [0.2, 0.25) is 0 Å². The van der Waals surface area contributed by atoms with Crippen LogP contribution in [0.3, 0.4) is 0 Å². The van der Waals surface area contributed by atoms with Crippen molar-refractivity contribution in [2.75, 3.05) is 0 Å². The second-order valence-corrected chi connectivity index (χ2v) is 5.29. The van der Waals surface area contributed by atoms with Crippen LogP contribution >= 0.6 is 0 Å². The second kappa shape index (κ2) is 6.10. The van der Waals surface area contributed by atoms with Crippen LogP contribution in [0, 0.1) is 11.3 Å². The van der Waals surface area contributed by atoms with Gasteiger partial charge in [-0.15, -0.1) is 13.2 Å². The number of fused-ring (bicyclic) bond motifs is 1. The number of benzene rings is 1. The molecule has 0 radical (unpaired) electrons. The molecule has 3 aromatic heterocycles. The van der Waals surface area contributed by atoms with E-state index in [1.54, 1.807) is 6.07 Å². The number of nitrogens with zero attached hydrogens (tertiary/aromatic N) is 6. The fraction of sp³-hybridized carbons (Fsp3) is 0.0625. The molecule has 4 aromatic rings. The molecule has 0 saturated carbocycles. The third-order valence-corrected chi connectivity index (χ3v) is 3.65. The van der Waals surface area contributed by atoms with E-state index in [0.29, 0.717) is 28.1 Å². The molecular formula is C16H8F3N7O. The number of hydrogen-bond acceptors (Lipinski definition) is 6. The first-order valence-electron chi connectivity index (χ1n) is 7.46. The highest BCUT2D eigenvalue weighted by atomic mass is 19.4. The first-order chi connectivity index (χ1) is 13.0. The summed E-state index contributed by atoms with van der Waals surface area (Å²) in [6, 6.07) is 8.72. The van der Waals surface area contributed by atoms with Crippen molar-refractivity contribution in [3.05, 3.63) is 48.5 Å². The van der Waals surface area contributed by atoms with Crippen LogP contribution < -0.4 is 4.74 Å². The highest BCUT2D eigenvalue weighted by Crippen LogP contribution is 2.30. The van der Waals surface area contributed by atoms with Crippen LogP contribution in [-0.4, -0.2) is 36.3 Å². The number of aromatic amines is 1. The van der Waals surface area contributed by atoms with E-state index in [-0.39, 0.29) is 11.4 Å². The van der Waals surface area contributed by atoms with Crippen molar-refractivity contribution in [3.63, 3.8) is 0 Å². The Morgan fingerprint density at radius 1 is 1.11 bits per heavy atom. The molecular weight excluding hydrogens is 363 g/mol. The summed E-state index contributed by atoms with van der Waals surface area (Å²) in [5, 5.41) is 20.7. The number of nitriles is 1. The van der Waals surface area contributed by atoms with Gasteiger partial charge in [-0.2, -0.15) is 15.5 Å². The Morgan fingerprint density at radius 2 is 1.89 bits per heavy atom. The first-order valence-corrected chi connectivity index (χ1v) is 7.46. The van der Waals surface area contributed by atoms with Crippen LogP contribution in [0.1, 0.15) is 5.69 Å². The lowest BCUT2D eigenvalue weighted by Gasteiger charge is -2.09. The van der Waals surface area contributed by atoms with Gasteiger partial charge in [0.1, 0.15) is 18.1 Å². The lowest BCUT2D eigenvalue weighted by atomic mass is 10.1. The maximum atomic E-state index is 12.3. The molecule has 0 aliphatic carbocycles. The smallest absolute Gasteiger partial charge is 0.406 e. The van der Waals surface area contributed by atoms with E-state index in [0.717, 1.165) is 12.1 Å². The SMILES string of the molecule is N#Cc1nn(-c2ccc(OC(F)(F)F)cc2)c2nccc(-c3nc[nH]n3)c12. The minimum Gasteiger partial charge on any atom is -0.406 e. The predicted molar refractivity (Wildman–Crippen MR) is 85.6 cm³/mol. The average molecular weight is 371 g/mol. The fourth-order valence-corrected chi connectivity index (χ4v) is 2.61. The summed E-state index contributed by atoms with van der Waals surface area (Å²) >= 11 is 0. The largest absolute Gasteiger partial charge is 0.573 e. The summed E-state index contributed by atoms with van der Waals surface area (Å²) in [6.07, 6.45) is -1.87. The lowest BCUT2D eigenvalue weighted by molar-refractivity contribution is -0.274. The third-order valence-electron chi connectivity index (χ3n) is 3.65. The Kier molecular flexibility index (Phi) is 3.73. The average Bonchev–Trinajstić information content (AvgIpc) is 3.29. The van der Waals surface area contributed by atoms with Gasteiger partial charge in [0, 0.05) is 11.8 Å². The maximum absolute atomic E-state index is 12.3. The molecule has 0 fully saturated rings. The van der Waals surface area contributed by atoms with E-state index < -0.39 is 6.36 Å². The number of nitrogens with one attached hydrogen (secondary N) is 1. The molecule has 0 atom stereocenters. The van der Waals surface area contributed by atoms with E-state index in [9.17, 15) is 18.4 Å². The van der Waals surface area contributed by atoms with Gasteiger partial charge < -0.3 is 4.74 Å². The molecule has 0 unspecified atom stereocenters. The number of H-pyrrole nitrogens is 1. The summed E-state index contributed by atoms with van der Waals surface area (Å²) in [7, 11) is 0. The number of aromatic nitrogens is 6. The van der Waals surface area contributed by atoms with Gasteiger partial charge in [0.25, 0.3) is 0 Å². The van der Waals surface area contributed by atoms with Crippen LogP contribution in [-0.2, 0) is 0 Å². The number of hydrogen-bond donors (Lipinski definition) is 1. The van der Waals surface area contributed by atoms with Gasteiger partial charge >= 0.3 is 6.36 Å². The molecule has 1 N–H and O–H groups in total. The van der Waals surface area contributed by atoms with Crippen LogP contribution in [0.4, 0.5) is 13.2 Å². The van der Waals surface area contributed by atoms with Gasteiger partial charge in [-0.25, -0.2) is 14.6 Å². The van der Waals surface area contributed by atoms with Crippen molar-refractivity contribution < 1.29 is 17.9 Å². The predicted octanol–water partition coefficient (Wildman–Crippen LogP) is 2.98. The minimum absolute atomic E-state index is 0.0912. The van der Waals surface area contributed by atoms with E-state index in [1.807, 2.05) is 6.07 Å². The number of halogens is 3. The monoisotopic (exact) mass is 371 g/mol. The second-order valence-electron chi connectivity index (χ2n) is 5.29. The Morgan fingerprint density at radius 3 is 2.52 bits per heavy atom. The lowest BCUT2D eigenvalue weighted by Crippen LogP contribution is -2.17. The number of alkyl halides is 3. The number of pyridine rings is 1. The highest BCUT2D eigenvalue weighted by molar-refractivity contribution is 5.95. The van der Waals surface area contributed by atoms with E-state index >= 15 is 0 Å². The van der Waals surface area contributed by atoms with Crippen molar-refractivity contribution in [1.82, 2.24) is 29.9 Å². The summed E-state index contributed by atoms with van der Waals surface area (Å²) in [6.45, 7) is 0. The van der Waals surface area contributed by atoms with Crippen LogP contribution in [0.15, 0.2) is 42.9 Å². The molecule has 0 bridgehead atoms. The van der Waals surface area contributed by atoms with Crippen molar-refractivity contribution >= 4 is 11.0 Å². The number of ether oxygens (including phenoxy) is 1. The maximum Gasteiger partial charge on any atom is 0.573 e. The van der Waals surface area contributed by atoms with Crippen molar-refractivity contribution in [1.29, 1.82) is 5.26 Å². The summed E-state index contributed by atoms with van der Waals surface area (Å²) < 4.78 is 42.1. The topological polar surface area (TPSA) is 105 Å². The zero-order valence-corrected chi connectivity index (χ0v) is 13.3.